The molecule has 0 saturated carbocycles. The molecule has 4 N–H and O–H groups in total. The van der Waals surface area contributed by atoms with Crippen LogP contribution in [0.3, 0.4) is 0 Å². The summed E-state index contributed by atoms with van der Waals surface area (Å²) in [6.07, 6.45) is 19.6. The first-order valence-electron chi connectivity index (χ1n) is 14.4. The number of hydrogen-bond acceptors (Lipinski definition) is 10. The molecule has 0 bridgehead atoms. The Hall–Kier alpha value is -6.43. The number of carboxylic acids is 3. The maximum Gasteiger partial charge on any atom is 0.339 e. The van der Waals surface area contributed by atoms with Crippen LogP contribution in [0, 0.1) is 23.7 Å². The second kappa shape index (κ2) is 14.1. The maximum atomic E-state index is 12.5. The molecule has 0 amide bonds. The average molecular weight is 632 g/mol. The molecule has 0 heterocycles. The molecule has 0 aromatic heterocycles. The number of hydrogen-bond donors (Lipinski definition) is 4. The Morgan fingerprint density at radius 1 is 0.660 bits per heavy atom. The van der Waals surface area contributed by atoms with Gasteiger partial charge in [-0.3, -0.25) is 20.4 Å². The van der Waals surface area contributed by atoms with E-state index in [1.54, 1.807) is 48.6 Å². The normalized spacial score (nSPS) is 23.7. The number of carbonyl (C=O) groups is 5. The molecular weight excluding hydrogens is 604 g/mol. The number of Topliss-reactive ketones (excluding diaryl/α,β-unsaturated/α-hetero) is 1. The number of allylic oxidation sites excluding steroid dienone is 11. The van der Waals surface area contributed by atoms with Crippen molar-refractivity contribution in [2.24, 2.45) is 33.9 Å². The van der Waals surface area contributed by atoms with Crippen LogP contribution in [0.2, 0.25) is 0 Å². The lowest BCUT2D eigenvalue weighted by molar-refractivity contribution is -0.254. The summed E-state index contributed by atoms with van der Waals surface area (Å²) < 4.78 is 0. The van der Waals surface area contributed by atoms with Gasteiger partial charge in [-0.1, -0.05) is 91.1 Å². The van der Waals surface area contributed by atoms with E-state index >= 15 is 0 Å². The zero-order valence-electron chi connectivity index (χ0n) is 24.5. The van der Waals surface area contributed by atoms with Crippen LogP contribution in [0.25, 0.3) is 0 Å². The number of nitrogens with zero attached hydrogens (tertiary/aromatic N) is 2. The highest BCUT2D eigenvalue weighted by atomic mass is 16.4. The summed E-state index contributed by atoms with van der Waals surface area (Å²) in [7, 11) is 0. The van der Waals surface area contributed by atoms with Crippen molar-refractivity contribution in [2.45, 2.75) is 0 Å². The average Bonchev–Trinajstić information content (AvgIpc) is 3.07. The van der Waals surface area contributed by atoms with E-state index in [4.69, 9.17) is 5.11 Å². The van der Waals surface area contributed by atoms with Crippen LogP contribution in [-0.4, -0.2) is 51.1 Å². The highest BCUT2D eigenvalue weighted by molar-refractivity contribution is 6.52. The van der Waals surface area contributed by atoms with E-state index in [0.29, 0.717) is 11.4 Å². The summed E-state index contributed by atoms with van der Waals surface area (Å²) in [5.74, 6) is -5.35. The first-order chi connectivity index (χ1) is 22.7. The molecule has 12 heteroatoms. The third-order valence-corrected chi connectivity index (χ3v) is 7.67. The first kappa shape index (κ1) is 32.0. The fourth-order valence-electron chi connectivity index (χ4n) is 5.33. The summed E-state index contributed by atoms with van der Waals surface area (Å²) >= 11 is 0. The minimum absolute atomic E-state index is 0.0126. The van der Waals surface area contributed by atoms with Gasteiger partial charge in [0.25, 0.3) is 0 Å². The number of rotatable bonds is 7. The Balaban J connectivity index is 0.000000186. The summed E-state index contributed by atoms with van der Waals surface area (Å²) in [6.45, 7) is 0. The lowest BCUT2D eigenvalue weighted by atomic mass is 9.76. The smallest absolute Gasteiger partial charge is 0.339 e. The SMILES string of the molecule is O=C(O)C1=CC2C=CC=CC2/C(=N\Nc2ccccc2C(=O)[O-])C1=O.O=C1C=CC2C=CC=CC2/C1=N\Nc1ccccc1C(=O)O. The molecule has 47 heavy (non-hydrogen) atoms. The van der Waals surface area contributed by atoms with Crippen LogP contribution in [0.15, 0.2) is 131 Å². The van der Waals surface area contributed by atoms with Crippen molar-refractivity contribution in [1.29, 1.82) is 0 Å². The number of benzene rings is 2. The van der Waals surface area contributed by atoms with Gasteiger partial charge in [0.2, 0.25) is 11.6 Å². The van der Waals surface area contributed by atoms with Gasteiger partial charge in [0.15, 0.2) is 0 Å². The van der Waals surface area contributed by atoms with E-state index < -0.39 is 29.6 Å². The standard InChI is InChI=1S/C18H14N2O5.C17H14N2O3/c21-16-13(18(24)25)9-10-5-1-2-6-11(10)15(16)20-19-14-8-4-3-7-12(14)17(22)23;20-15-10-9-11-5-1-2-6-12(11)16(15)19-18-14-8-4-3-7-13(14)17(21)22/h1-11,19H,(H,22,23)(H,24,25);1-12,18H,(H,21,22)/p-1/b20-15+;19-16+. The van der Waals surface area contributed by atoms with Crippen molar-refractivity contribution in [2.75, 3.05) is 10.9 Å². The molecule has 0 saturated heterocycles. The Bertz CT molecular complexity index is 1900. The molecule has 4 unspecified atom stereocenters. The Morgan fingerprint density at radius 3 is 1.81 bits per heavy atom. The van der Waals surface area contributed by atoms with Gasteiger partial charge in [-0.05, 0) is 24.3 Å². The summed E-state index contributed by atoms with van der Waals surface area (Å²) in [5, 5.41) is 37.7. The van der Waals surface area contributed by atoms with Gasteiger partial charge in [0.1, 0.15) is 17.0 Å². The van der Waals surface area contributed by atoms with Crippen LogP contribution in [0.5, 0.6) is 0 Å². The number of para-hydroxylation sites is 2. The number of aliphatic carboxylic acids is 1. The van der Waals surface area contributed by atoms with Crippen molar-refractivity contribution in [3.63, 3.8) is 0 Å². The fourth-order valence-corrected chi connectivity index (χ4v) is 5.33. The molecule has 6 rings (SSSR count). The molecular formula is C35H27N4O8-. The second-order valence-corrected chi connectivity index (χ2v) is 10.6. The van der Waals surface area contributed by atoms with Crippen molar-refractivity contribution in [1.82, 2.24) is 0 Å². The second-order valence-electron chi connectivity index (χ2n) is 10.6. The van der Waals surface area contributed by atoms with E-state index in [2.05, 4.69) is 21.1 Å². The van der Waals surface area contributed by atoms with E-state index in [-0.39, 0.29) is 51.6 Å². The maximum absolute atomic E-state index is 12.5. The largest absolute Gasteiger partial charge is 0.545 e. The number of ketones is 2. The molecule has 12 nitrogen and oxygen atoms in total. The molecule has 4 aliphatic carbocycles. The molecule has 4 atom stereocenters. The quantitative estimate of drug-likeness (QED) is 0.259. The summed E-state index contributed by atoms with van der Waals surface area (Å²) in [4.78, 5) is 58.1. The topological polar surface area (TPSA) is 198 Å². The van der Waals surface area contributed by atoms with Crippen LogP contribution in [-0.2, 0) is 14.4 Å². The van der Waals surface area contributed by atoms with E-state index in [1.807, 2.05) is 30.4 Å². The van der Waals surface area contributed by atoms with Crippen LogP contribution >= 0.6 is 0 Å². The van der Waals surface area contributed by atoms with Gasteiger partial charge in [-0.25, -0.2) is 9.59 Å². The predicted octanol–water partition coefficient (Wildman–Crippen LogP) is 3.42. The highest BCUT2D eigenvalue weighted by Crippen LogP contribution is 2.30. The minimum Gasteiger partial charge on any atom is -0.545 e. The number of carboxylic acid groups (broad SMARTS) is 3. The highest BCUT2D eigenvalue weighted by Gasteiger charge is 2.37. The fraction of sp³-hybridized carbons (Fsp3) is 0.114. The number of aromatic carboxylic acids is 2. The number of carbonyl (C=O) groups excluding carboxylic acids is 3. The number of hydrazone groups is 2. The molecule has 0 radical (unpaired) electrons. The zero-order valence-corrected chi connectivity index (χ0v) is 24.5. The van der Waals surface area contributed by atoms with Gasteiger partial charge in [-0.15, -0.1) is 0 Å². The van der Waals surface area contributed by atoms with Crippen molar-refractivity contribution in [3.8, 4) is 0 Å². The monoisotopic (exact) mass is 631 g/mol. The van der Waals surface area contributed by atoms with Gasteiger partial charge < -0.3 is 20.1 Å². The van der Waals surface area contributed by atoms with Crippen molar-refractivity contribution in [3.05, 3.63) is 132 Å². The number of fused-ring (bicyclic) bond motifs is 2. The molecule has 2 aromatic rings. The Labute approximate surface area is 268 Å². The lowest BCUT2D eigenvalue weighted by Gasteiger charge is -2.27. The lowest BCUT2D eigenvalue weighted by Crippen LogP contribution is -2.37. The van der Waals surface area contributed by atoms with Gasteiger partial charge in [-0.2, -0.15) is 10.2 Å². The van der Waals surface area contributed by atoms with Crippen LogP contribution in [0.4, 0.5) is 11.4 Å². The first-order valence-corrected chi connectivity index (χ1v) is 14.4. The predicted molar refractivity (Wildman–Crippen MR) is 172 cm³/mol. The van der Waals surface area contributed by atoms with Crippen LogP contribution in [0.1, 0.15) is 20.7 Å². The van der Waals surface area contributed by atoms with E-state index in [9.17, 15) is 34.2 Å². The minimum atomic E-state index is -1.39. The zero-order chi connectivity index (χ0) is 33.5. The van der Waals surface area contributed by atoms with Crippen molar-refractivity contribution >= 4 is 52.3 Å². The number of anilines is 2. The van der Waals surface area contributed by atoms with E-state index in [1.165, 1.54) is 36.4 Å². The Kier molecular flexibility index (Phi) is 9.61. The molecule has 4 aliphatic rings. The molecule has 0 fully saturated rings. The Morgan fingerprint density at radius 2 is 1.19 bits per heavy atom. The molecule has 236 valence electrons. The van der Waals surface area contributed by atoms with E-state index in [0.717, 1.165) is 0 Å². The third-order valence-electron chi connectivity index (χ3n) is 7.67. The third kappa shape index (κ3) is 7.12. The number of nitrogens with one attached hydrogen (secondary N) is 2. The van der Waals surface area contributed by atoms with Crippen LogP contribution < -0.4 is 16.0 Å². The van der Waals surface area contributed by atoms with Crippen molar-refractivity contribution < 1.29 is 39.3 Å². The summed E-state index contributed by atoms with van der Waals surface area (Å²) in [6, 6.07) is 12.4. The van der Waals surface area contributed by atoms with Gasteiger partial charge in [0, 0.05) is 29.2 Å². The molecule has 0 aliphatic heterocycles. The van der Waals surface area contributed by atoms with Gasteiger partial charge in [0.05, 0.1) is 22.9 Å². The summed E-state index contributed by atoms with van der Waals surface area (Å²) in [5.41, 5.74) is 5.83. The molecule has 0 spiro atoms. The van der Waals surface area contributed by atoms with Gasteiger partial charge >= 0.3 is 11.9 Å². The molecule has 2 aromatic carbocycles.